The molecule has 1 aliphatic rings. The number of anilines is 1. The van der Waals surface area contributed by atoms with Crippen LogP contribution in [0.25, 0.3) is 11.2 Å². The standard InChI is InChI=1S/C17H19N5O6/c23-5-11-13(26)14(27)17(28-11)22-7-21-12-15(19-6-20-16(12)22)18-4-8-9(24)2-1-3-10(8)25/h1-3,6-7,11,13-14,17,23-27H,4-5H2,(H,18,19,20)/t11-,13-,14+,17?/m1/s1. The molecule has 28 heavy (non-hydrogen) atoms. The molecule has 0 aliphatic carbocycles. The molecule has 0 bridgehead atoms. The third-order valence-corrected chi connectivity index (χ3v) is 4.71. The fourth-order valence-electron chi connectivity index (χ4n) is 3.19. The average Bonchev–Trinajstić information content (AvgIpc) is 3.23. The van der Waals surface area contributed by atoms with Crippen molar-refractivity contribution in [2.75, 3.05) is 11.9 Å². The van der Waals surface area contributed by atoms with Gasteiger partial charge in [-0.15, -0.1) is 0 Å². The summed E-state index contributed by atoms with van der Waals surface area (Å²) in [6, 6.07) is 4.45. The number of nitrogens with zero attached hydrogens (tertiary/aromatic N) is 4. The Balaban J connectivity index is 1.62. The van der Waals surface area contributed by atoms with E-state index in [0.29, 0.717) is 22.5 Å². The minimum absolute atomic E-state index is 0.0603. The third-order valence-electron chi connectivity index (χ3n) is 4.71. The number of hydrogen-bond acceptors (Lipinski definition) is 10. The summed E-state index contributed by atoms with van der Waals surface area (Å²) in [6.45, 7) is -0.349. The Morgan fingerprint density at radius 1 is 1.07 bits per heavy atom. The van der Waals surface area contributed by atoms with Crippen molar-refractivity contribution in [2.45, 2.75) is 31.1 Å². The van der Waals surface area contributed by atoms with E-state index in [1.807, 2.05) is 0 Å². The van der Waals surface area contributed by atoms with E-state index in [1.165, 1.54) is 35.4 Å². The predicted molar refractivity (Wildman–Crippen MR) is 95.4 cm³/mol. The number of phenols is 2. The molecule has 4 rings (SSSR count). The Morgan fingerprint density at radius 3 is 2.50 bits per heavy atom. The summed E-state index contributed by atoms with van der Waals surface area (Å²) >= 11 is 0. The molecule has 148 valence electrons. The zero-order chi connectivity index (χ0) is 19.8. The maximum Gasteiger partial charge on any atom is 0.167 e. The van der Waals surface area contributed by atoms with Gasteiger partial charge in [-0.1, -0.05) is 6.07 Å². The van der Waals surface area contributed by atoms with Gasteiger partial charge in [-0.05, 0) is 12.1 Å². The number of aliphatic hydroxyl groups excluding tert-OH is 3. The summed E-state index contributed by atoms with van der Waals surface area (Å²) in [5.41, 5.74) is 1.01. The summed E-state index contributed by atoms with van der Waals surface area (Å²) in [5, 5.41) is 52.2. The van der Waals surface area contributed by atoms with Crippen LogP contribution < -0.4 is 5.32 Å². The molecule has 3 aromatic rings. The molecule has 0 spiro atoms. The lowest BCUT2D eigenvalue weighted by Gasteiger charge is -2.16. The number of rotatable bonds is 5. The van der Waals surface area contributed by atoms with Gasteiger partial charge in [0, 0.05) is 6.54 Å². The topological polar surface area (TPSA) is 166 Å². The molecule has 2 aromatic heterocycles. The second-order valence-corrected chi connectivity index (χ2v) is 6.40. The first-order valence-corrected chi connectivity index (χ1v) is 8.55. The van der Waals surface area contributed by atoms with E-state index in [2.05, 4.69) is 20.3 Å². The van der Waals surface area contributed by atoms with Gasteiger partial charge in [0.15, 0.2) is 23.2 Å². The average molecular weight is 389 g/mol. The fourth-order valence-corrected chi connectivity index (χ4v) is 3.19. The highest BCUT2D eigenvalue weighted by Gasteiger charge is 2.44. The van der Waals surface area contributed by atoms with Gasteiger partial charge < -0.3 is 35.6 Å². The number of phenolic OH excluding ortho intramolecular Hbond substituents is 2. The molecule has 1 aliphatic heterocycles. The first-order valence-electron chi connectivity index (χ1n) is 8.55. The van der Waals surface area contributed by atoms with Crippen LogP contribution in [-0.4, -0.2) is 70.0 Å². The Labute approximate surface area is 158 Å². The van der Waals surface area contributed by atoms with Crippen molar-refractivity contribution in [1.29, 1.82) is 0 Å². The minimum Gasteiger partial charge on any atom is -0.507 e. The van der Waals surface area contributed by atoms with Crippen LogP contribution in [0.1, 0.15) is 11.8 Å². The van der Waals surface area contributed by atoms with Gasteiger partial charge in [0.25, 0.3) is 0 Å². The number of benzene rings is 1. The molecule has 11 heteroatoms. The molecule has 3 heterocycles. The molecule has 6 N–H and O–H groups in total. The number of aliphatic hydroxyl groups is 3. The quantitative estimate of drug-likeness (QED) is 0.334. The van der Waals surface area contributed by atoms with Gasteiger partial charge in [0.05, 0.1) is 18.5 Å². The van der Waals surface area contributed by atoms with Crippen molar-refractivity contribution in [1.82, 2.24) is 19.5 Å². The highest BCUT2D eigenvalue weighted by Crippen LogP contribution is 2.32. The SMILES string of the molecule is OC[C@H]1OC(n2cnc3c(NCc4c(O)cccc4O)ncnc32)[C@@H](O)[C@@H]1O. The Morgan fingerprint density at radius 2 is 1.82 bits per heavy atom. The molecule has 0 saturated carbocycles. The Kier molecular flexibility index (Phi) is 4.73. The van der Waals surface area contributed by atoms with E-state index < -0.39 is 31.1 Å². The van der Waals surface area contributed by atoms with Crippen molar-refractivity contribution in [3.63, 3.8) is 0 Å². The van der Waals surface area contributed by atoms with Crippen LogP contribution in [0.4, 0.5) is 5.82 Å². The smallest absolute Gasteiger partial charge is 0.167 e. The lowest BCUT2D eigenvalue weighted by Crippen LogP contribution is -2.33. The summed E-state index contributed by atoms with van der Waals surface area (Å²) in [7, 11) is 0. The maximum absolute atomic E-state index is 10.2. The van der Waals surface area contributed by atoms with Crippen molar-refractivity contribution < 1.29 is 30.3 Å². The summed E-state index contributed by atoms with van der Waals surface area (Å²) in [5.74, 6) is 0.225. The van der Waals surface area contributed by atoms with Gasteiger partial charge in [0.1, 0.15) is 36.1 Å². The van der Waals surface area contributed by atoms with Crippen LogP contribution >= 0.6 is 0 Å². The molecule has 1 aromatic carbocycles. The van der Waals surface area contributed by atoms with Crippen molar-refractivity contribution in [3.8, 4) is 11.5 Å². The first kappa shape index (κ1) is 18.4. The fraction of sp³-hybridized carbons (Fsp3) is 0.353. The highest BCUT2D eigenvalue weighted by molar-refractivity contribution is 5.82. The van der Waals surface area contributed by atoms with Gasteiger partial charge in [-0.2, -0.15) is 0 Å². The van der Waals surface area contributed by atoms with Crippen LogP contribution in [0, 0.1) is 0 Å². The lowest BCUT2D eigenvalue weighted by molar-refractivity contribution is -0.0511. The van der Waals surface area contributed by atoms with Crippen LogP contribution in [0.2, 0.25) is 0 Å². The molecular formula is C17H19N5O6. The molecule has 11 nitrogen and oxygen atoms in total. The number of nitrogens with one attached hydrogen (secondary N) is 1. The molecule has 1 saturated heterocycles. The minimum atomic E-state index is -1.26. The van der Waals surface area contributed by atoms with E-state index >= 15 is 0 Å². The zero-order valence-electron chi connectivity index (χ0n) is 14.5. The van der Waals surface area contributed by atoms with E-state index in [1.54, 1.807) is 0 Å². The van der Waals surface area contributed by atoms with Crippen molar-refractivity contribution in [3.05, 3.63) is 36.4 Å². The van der Waals surface area contributed by atoms with E-state index in [9.17, 15) is 25.5 Å². The number of imidazole rings is 1. The monoisotopic (exact) mass is 389 g/mol. The molecular weight excluding hydrogens is 370 g/mol. The van der Waals surface area contributed by atoms with Crippen molar-refractivity contribution >= 4 is 17.0 Å². The normalized spacial score (nSPS) is 24.7. The van der Waals surface area contributed by atoms with Gasteiger partial charge in [-0.25, -0.2) is 15.0 Å². The van der Waals surface area contributed by atoms with E-state index in [0.717, 1.165) is 0 Å². The van der Waals surface area contributed by atoms with Crippen LogP contribution in [0.5, 0.6) is 11.5 Å². The first-order chi connectivity index (χ1) is 13.5. The summed E-state index contributed by atoms with van der Waals surface area (Å²) in [4.78, 5) is 12.5. The third kappa shape index (κ3) is 2.99. The summed E-state index contributed by atoms with van der Waals surface area (Å²) < 4.78 is 6.96. The van der Waals surface area contributed by atoms with E-state index in [4.69, 9.17) is 4.74 Å². The maximum atomic E-state index is 10.2. The second-order valence-electron chi connectivity index (χ2n) is 6.40. The van der Waals surface area contributed by atoms with Gasteiger partial charge in [0.2, 0.25) is 0 Å². The largest absolute Gasteiger partial charge is 0.507 e. The van der Waals surface area contributed by atoms with Gasteiger partial charge >= 0.3 is 0 Å². The number of aromatic nitrogens is 4. The molecule has 1 fully saturated rings. The van der Waals surface area contributed by atoms with Crippen molar-refractivity contribution in [2.24, 2.45) is 0 Å². The number of aromatic hydroxyl groups is 2. The predicted octanol–water partition coefficient (Wildman–Crippen LogP) is -0.539. The number of ether oxygens (including phenoxy) is 1. The molecule has 4 atom stereocenters. The van der Waals surface area contributed by atoms with Crippen LogP contribution in [0.3, 0.4) is 0 Å². The molecule has 1 unspecified atom stereocenters. The molecule has 0 amide bonds. The highest BCUT2D eigenvalue weighted by atomic mass is 16.6. The number of fused-ring (bicyclic) bond motifs is 1. The lowest BCUT2D eigenvalue weighted by atomic mass is 10.1. The number of hydrogen-bond donors (Lipinski definition) is 6. The Hall–Kier alpha value is -2.99. The van der Waals surface area contributed by atoms with Crippen LogP contribution in [-0.2, 0) is 11.3 Å². The zero-order valence-corrected chi connectivity index (χ0v) is 14.5. The second kappa shape index (κ2) is 7.20. The van der Waals surface area contributed by atoms with Crippen LogP contribution in [0.15, 0.2) is 30.9 Å². The van der Waals surface area contributed by atoms with E-state index in [-0.39, 0.29) is 18.0 Å². The summed E-state index contributed by atoms with van der Waals surface area (Å²) in [6.07, 6.45) is -1.71. The molecule has 0 radical (unpaired) electrons. The van der Waals surface area contributed by atoms with Gasteiger partial charge in [-0.3, -0.25) is 4.57 Å². The Bertz CT molecular complexity index is 975.